The van der Waals surface area contributed by atoms with Crippen molar-refractivity contribution in [3.05, 3.63) is 23.1 Å². The Kier molecular flexibility index (Phi) is 5.71. The van der Waals surface area contributed by atoms with Gasteiger partial charge in [0.1, 0.15) is 6.10 Å². The van der Waals surface area contributed by atoms with Gasteiger partial charge in [-0.3, -0.25) is 4.18 Å². The van der Waals surface area contributed by atoms with Gasteiger partial charge in [0.15, 0.2) is 6.29 Å². The van der Waals surface area contributed by atoms with Crippen LogP contribution in [0.3, 0.4) is 0 Å². The molecule has 112 valence electrons. The second-order valence-electron chi connectivity index (χ2n) is 3.91. The van der Waals surface area contributed by atoms with E-state index in [-0.39, 0.29) is 16.1 Å². The van der Waals surface area contributed by atoms with Crippen LogP contribution in [-0.4, -0.2) is 46.9 Å². The first-order valence-electron chi connectivity index (χ1n) is 5.39. The van der Waals surface area contributed by atoms with Gasteiger partial charge in [-0.1, -0.05) is 24.4 Å². The second kappa shape index (κ2) is 6.68. The molecule has 0 saturated heterocycles. The standard InChI is InChI=1S/C10H13NO6S3/c1-19(13,14)17-8(7-12)6-11-20(15,16)10-5-3-2-4-9(10)18/h2-3,5,7-8,11H,4,6H2,1H3. The molecule has 0 aliphatic heterocycles. The maximum absolute atomic E-state index is 12.0. The predicted octanol–water partition coefficient (Wildman–Crippen LogP) is -0.337. The number of rotatable bonds is 7. The maximum Gasteiger partial charge on any atom is 0.265 e. The number of allylic oxidation sites excluding steroid dienone is 4. The first-order valence-corrected chi connectivity index (χ1v) is 9.10. The molecule has 0 spiro atoms. The van der Waals surface area contributed by atoms with E-state index in [1.165, 1.54) is 6.08 Å². The number of hydrogen-bond acceptors (Lipinski definition) is 7. The number of hydrogen-bond donors (Lipinski definition) is 1. The van der Waals surface area contributed by atoms with Gasteiger partial charge < -0.3 is 4.79 Å². The third-order valence-electron chi connectivity index (χ3n) is 2.18. The topological polar surface area (TPSA) is 107 Å². The van der Waals surface area contributed by atoms with Crippen molar-refractivity contribution in [2.24, 2.45) is 0 Å². The summed E-state index contributed by atoms with van der Waals surface area (Å²) < 4.78 is 52.2. The molecule has 1 atom stereocenters. The normalized spacial score (nSPS) is 17.6. The number of aldehydes is 1. The maximum atomic E-state index is 12.0. The molecule has 0 aromatic carbocycles. The fourth-order valence-corrected chi connectivity index (χ4v) is 3.60. The van der Waals surface area contributed by atoms with Crippen LogP contribution in [0.1, 0.15) is 6.42 Å². The molecule has 10 heteroatoms. The molecule has 0 heterocycles. The summed E-state index contributed by atoms with van der Waals surface area (Å²) in [4.78, 5) is 10.8. The first kappa shape index (κ1) is 17.1. The van der Waals surface area contributed by atoms with Crippen molar-refractivity contribution in [1.29, 1.82) is 0 Å². The lowest BCUT2D eigenvalue weighted by Gasteiger charge is -2.14. The van der Waals surface area contributed by atoms with Gasteiger partial charge in [0.05, 0.1) is 11.2 Å². The molecule has 0 bridgehead atoms. The molecule has 1 rings (SSSR count). The fraction of sp³-hybridized carbons (Fsp3) is 0.400. The van der Waals surface area contributed by atoms with Gasteiger partial charge in [-0.05, 0) is 6.08 Å². The van der Waals surface area contributed by atoms with Crippen molar-refractivity contribution in [3.63, 3.8) is 0 Å². The second-order valence-corrected chi connectivity index (χ2v) is 7.74. The van der Waals surface area contributed by atoms with Crippen LogP contribution in [0.25, 0.3) is 0 Å². The van der Waals surface area contributed by atoms with Gasteiger partial charge in [0.2, 0.25) is 10.0 Å². The Morgan fingerprint density at radius 2 is 2.10 bits per heavy atom. The van der Waals surface area contributed by atoms with E-state index in [1.54, 1.807) is 12.2 Å². The summed E-state index contributed by atoms with van der Waals surface area (Å²) in [5.74, 6) is 0. The highest BCUT2D eigenvalue weighted by molar-refractivity contribution is 7.96. The largest absolute Gasteiger partial charge is 0.300 e. The monoisotopic (exact) mass is 339 g/mol. The van der Waals surface area contributed by atoms with Crippen molar-refractivity contribution < 1.29 is 25.8 Å². The SMILES string of the molecule is CS(=O)(=O)OC(C=O)CNS(=O)(=O)C1=CC=CCC1=S. The van der Waals surface area contributed by atoms with E-state index in [0.717, 1.165) is 6.26 Å². The molecule has 1 unspecified atom stereocenters. The van der Waals surface area contributed by atoms with Gasteiger partial charge in [-0.25, -0.2) is 13.1 Å². The molecule has 0 amide bonds. The average molecular weight is 339 g/mol. The molecule has 0 radical (unpaired) electrons. The molecule has 0 saturated carbocycles. The molecule has 0 fully saturated rings. The van der Waals surface area contributed by atoms with Gasteiger partial charge in [-0.15, -0.1) is 0 Å². The summed E-state index contributed by atoms with van der Waals surface area (Å²) in [5.41, 5.74) is 0. The van der Waals surface area contributed by atoms with E-state index < -0.39 is 32.8 Å². The van der Waals surface area contributed by atoms with Crippen LogP contribution in [0.4, 0.5) is 0 Å². The van der Waals surface area contributed by atoms with E-state index in [0.29, 0.717) is 6.42 Å². The summed E-state index contributed by atoms with van der Waals surface area (Å²) in [6.45, 7) is -0.497. The summed E-state index contributed by atoms with van der Waals surface area (Å²) in [6.07, 6.45) is 4.48. The minimum absolute atomic E-state index is 0.0704. The Bertz CT molecular complexity index is 659. The summed E-state index contributed by atoms with van der Waals surface area (Å²) in [6, 6.07) is 0. The Morgan fingerprint density at radius 1 is 1.45 bits per heavy atom. The minimum Gasteiger partial charge on any atom is -0.300 e. The van der Waals surface area contributed by atoms with Crippen molar-refractivity contribution in [1.82, 2.24) is 4.72 Å². The van der Waals surface area contributed by atoms with Gasteiger partial charge in [-0.2, -0.15) is 8.42 Å². The average Bonchev–Trinajstić information content (AvgIpc) is 2.33. The van der Waals surface area contributed by atoms with E-state index in [2.05, 4.69) is 8.91 Å². The summed E-state index contributed by atoms with van der Waals surface area (Å²) in [7, 11) is -7.76. The van der Waals surface area contributed by atoms with Crippen LogP contribution < -0.4 is 4.72 Å². The summed E-state index contributed by atoms with van der Waals surface area (Å²) in [5, 5.41) is 0. The van der Waals surface area contributed by atoms with Crippen LogP contribution >= 0.6 is 12.2 Å². The Morgan fingerprint density at radius 3 is 2.60 bits per heavy atom. The Balaban J connectivity index is 2.77. The van der Waals surface area contributed by atoms with Crippen molar-refractivity contribution in [2.75, 3.05) is 12.8 Å². The third kappa shape index (κ3) is 5.21. The Hall–Kier alpha value is -0.940. The lowest BCUT2D eigenvalue weighted by atomic mass is 10.2. The van der Waals surface area contributed by atoms with E-state index in [9.17, 15) is 21.6 Å². The van der Waals surface area contributed by atoms with E-state index in [1.807, 2.05) is 0 Å². The van der Waals surface area contributed by atoms with Gasteiger partial charge >= 0.3 is 0 Å². The third-order valence-corrected chi connectivity index (χ3v) is 4.80. The molecular weight excluding hydrogens is 326 g/mol. The predicted molar refractivity (Wildman–Crippen MR) is 77.1 cm³/mol. The zero-order chi connectivity index (χ0) is 15.4. The molecule has 0 aromatic rings. The van der Waals surface area contributed by atoms with Crippen LogP contribution in [-0.2, 0) is 29.1 Å². The lowest BCUT2D eigenvalue weighted by Crippen LogP contribution is -2.37. The van der Waals surface area contributed by atoms with Gasteiger partial charge in [0.25, 0.3) is 10.1 Å². The fourth-order valence-electron chi connectivity index (χ4n) is 1.36. The highest BCUT2D eigenvalue weighted by Crippen LogP contribution is 2.15. The number of nitrogens with one attached hydrogen (secondary N) is 1. The van der Waals surface area contributed by atoms with Crippen LogP contribution in [0.2, 0.25) is 0 Å². The number of carbonyl (C=O) groups excluding carboxylic acids is 1. The smallest absolute Gasteiger partial charge is 0.265 e. The van der Waals surface area contributed by atoms with Crippen LogP contribution in [0.15, 0.2) is 23.1 Å². The molecule has 20 heavy (non-hydrogen) atoms. The van der Waals surface area contributed by atoms with Crippen molar-refractivity contribution >= 4 is 43.5 Å². The highest BCUT2D eigenvalue weighted by Gasteiger charge is 2.24. The number of thiocarbonyl (C=S) groups is 1. The molecule has 1 N–H and O–H groups in total. The van der Waals surface area contributed by atoms with E-state index in [4.69, 9.17) is 12.2 Å². The quantitative estimate of drug-likeness (QED) is 0.384. The number of carbonyl (C=O) groups is 1. The zero-order valence-corrected chi connectivity index (χ0v) is 12.9. The molecule has 7 nitrogen and oxygen atoms in total. The first-order chi connectivity index (χ1) is 9.15. The molecule has 1 aliphatic carbocycles. The zero-order valence-electron chi connectivity index (χ0n) is 10.5. The minimum atomic E-state index is -3.91. The van der Waals surface area contributed by atoms with E-state index >= 15 is 0 Å². The molecule has 1 aliphatic rings. The Labute approximate surface area is 122 Å². The lowest BCUT2D eigenvalue weighted by molar-refractivity contribution is -0.113. The summed E-state index contributed by atoms with van der Waals surface area (Å²) >= 11 is 4.94. The number of sulfonamides is 1. The van der Waals surface area contributed by atoms with Crippen molar-refractivity contribution in [3.8, 4) is 0 Å². The van der Waals surface area contributed by atoms with Crippen LogP contribution in [0, 0.1) is 0 Å². The molecule has 0 aromatic heterocycles. The highest BCUT2D eigenvalue weighted by atomic mass is 32.2. The van der Waals surface area contributed by atoms with Crippen LogP contribution in [0.5, 0.6) is 0 Å². The van der Waals surface area contributed by atoms with Crippen molar-refractivity contribution in [2.45, 2.75) is 12.5 Å². The molecular formula is C10H13NO6S3. The van der Waals surface area contributed by atoms with Gasteiger partial charge in [0, 0.05) is 17.8 Å².